The predicted molar refractivity (Wildman–Crippen MR) is 112 cm³/mol. The Balaban J connectivity index is 1.57. The number of nitrogens with zero attached hydrogens (tertiary/aromatic N) is 1. The van der Waals surface area contributed by atoms with Gasteiger partial charge in [0.25, 0.3) is 5.91 Å². The number of ether oxygens (including phenoxy) is 2. The van der Waals surface area contributed by atoms with Crippen LogP contribution in [0, 0.1) is 5.92 Å². The molecule has 0 bridgehead atoms. The van der Waals surface area contributed by atoms with Crippen molar-refractivity contribution in [1.82, 2.24) is 4.90 Å². The van der Waals surface area contributed by atoms with E-state index in [1.54, 1.807) is 29.2 Å². The smallest absolute Gasteiger partial charge is 0.260 e. The van der Waals surface area contributed by atoms with Gasteiger partial charge in [-0.15, -0.1) is 0 Å². The van der Waals surface area contributed by atoms with E-state index in [4.69, 9.17) is 9.47 Å². The van der Waals surface area contributed by atoms with Gasteiger partial charge in [0.15, 0.2) is 16.4 Å². The normalized spacial score (nSPS) is 17.8. The van der Waals surface area contributed by atoms with Gasteiger partial charge in [0.05, 0.1) is 11.5 Å². The van der Waals surface area contributed by atoms with Gasteiger partial charge in [-0.25, -0.2) is 8.42 Å². The third kappa shape index (κ3) is 6.22. The van der Waals surface area contributed by atoms with Crippen LogP contribution in [0.1, 0.15) is 20.3 Å². The quantitative estimate of drug-likeness (QED) is 0.657. The number of benzene rings is 2. The second-order valence-electron chi connectivity index (χ2n) is 7.67. The second kappa shape index (κ2) is 9.31. The Labute approximate surface area is 172 Å². The van der Waals surface area contributed by atoms with Gasteiger partial charge in [-0.1, -0.05) is 32.0 Å². The minimum absolute atomic E-state index is 0.0387. The van der Waals surface area contributed by atoms with Crippen molar-refractivity contribution in [3.05, 3.63) is 54.6 Å². The van der Waals surface area contributed by atoms with Crippen LogP contribution in [-0.4, -0.2) is 49.9 Å². The third-order valence-corrected chi connectivity index (χ3v) is 6.45. The van der Waals surface area contributed by atoms with Gasteiger partial charge in [-0.05, 0) is 48.7 Å². The molecule has 6 nitrogen and oxygen atoms in total. The summed E-state index contributed by atoms with van der Waals surface area (Å²) in [5.41, 5.74) is 0. The molecule has 0 N–H and O–H groups in total. The molecule has 1 atom stereocenters. The highest BCUT2D eigenvalue weighted by Crippen LogP contribution is 2.24. The lowest BCUT2D eigenvalue weighted by Crippen LogP contribution is -2.45. The molecule has 1 saturated heterocycles. The van der Waals surface area contributed by atoms with Crippen LogP contribution in [0.5, 0.6) is 17.2 Å². The molecule has 0 spiro atoms. The zero-order valence-electron chi connectivity index (χ0n) is 16.8. The highest BCUT2D eigenvalue weighted by Gasteiger charge is 2.34. The van der Waals surface area contributed by atoms with E-state index in [-0.39, 0.29) is 36.0 Å². The van der Waals surface area contributed by atoms with Crippen molar-refractivity contribution in [1.29, 1.82) is 0 Å². The van der Waals surface area contributed by atoms with Crippen LogP contribution in [0.4, 0.5) is 0 Å². The number of hydrogen-bond acceptors (Lipinski definition) is 5. The van der Waals surface area contributed by atoms with Gasteiger partial charge < -0.3 is 14.4 Å². The van der Waals surface area contributed by atoms with E-state index >= 15 is 0 Å². The average molecular weight is 418 g/mol. The first-order chi connectivity index (χ1) is 13.8. The number of rotatable bonds is 8. The highest BCUT2D eigenvalue weighted by atomic mass is 32.2. The second-order valence-corrected chi connectivity index (χ2v) is 9.90. The van der Waals surface area contributed by atoms with Gasteiger partial charge in [-0.3, -0.25) is 4.79 Å². The molecule has 2 aromatic carbocycles. The van der Waals surface area contributed by atoms with Gasteiger partial charge in [0.2, 0.25) is 0 Å². The molecule has 0 unspecified atom stereocenters. The Morgan fingerprint density at radius 3 is 2.24 bits per heavy atom. The maximum absolute atomic E-state index is 12.7. The number of carbonyl (C=O) groups is 1. The molecule has 3 rings (SSSR count). The molecule has 156 valence electrons. The van der Waals surface area contributed by atoms with Crippen molar-refractivity contribution in [3.63, 3.8) is 0 Å². The fourth-order valence-electron chi connectivity index (χ4n) is 3.33. The van der Waals surface area contributed by atoms with Crippen LogP contribution in [0.25, 0.3) is 0 Å². The van der Waals surface area contributed by atoms with E-state index in [2.05, 4.69) is 0 Å². The molecule has 1 heterocycles. The van der Waals surface area contributed by atoms with E-state index in [9.17, 15) is 13.2 Å². The van der Waals surface area contributed by atoms with E-state index in [1.807, 2.05) is 44.2 Å². The van der Waals surface area contributed by atoms with Crippen LogP contribution in [0.3, 0.4) is 0 Å². The molecule has 0 radical (unpaired) electrons. The Kier molecular flexibility index (Phi) is 6.79. The van der Waals surface area contributed by atoms with Gasteiger partial charge in [0, 0.05) is 12.6 Å². The summed E-state index contributed by atoms with van der Waals surface area (Å²) in [7, 11) is -3.06. The third-order valence-electron chi connectivity index (χ3n) is 4.70. The summed E-state index contributed by atoms with van der Waals surface area (Å²) in [6, 6.07) is 16.3. The van der Waals surface area contributed by atoms with Crippen molar-refractivity contribution in [2.75, 3.05) is 24.7 Å². The van der Waals surface area contributed by atoms with Crippen molar-refractivity contribution in [3.8, 4) is 17.2 Å². The lowest BCUT2D eigenvalue weighted by molar-refractivity contribution is -0.135. The molecule has 0 aliphatic carbocycles. The maximum Gasteiger partial charge on any atom is 0.260 e. The fourth-order valence-corrected chi connectivity index (χ4v) is 5.06. The number of sulfone groups is 1. The summed E-state index contributed by atoms with van der Waals surface area (Å²) in [6.45, 7) is 4.42. The number of para-hydroxylation sites is 1. The van der Waals surface area contributed by atoms with Crippen LogP contribution >= 0.6 is 0 Å². The molecule has 29 heavy (non-hydrogen) atoms. The minimum Gasteiger partial charge on any atom is -0.484 e. The van der Waals surface area contributed by atoms with Crippen molar-refractivity contribution >= 4 is 15.7 Å². The SMILES string of the molecule is CC(C)CN(C(=O)COc1ccc(Oc2ccccc2)cc1)[C@@H]1CCS(=O)(=O)C1. The molecule has 1 aliphatic rings. The molecule has 0 aromatic heterocycles. The highest BCUT2D eigenvalue weighted by molar-refractivity contribution is 7.91. The van der Waals surface area contributed by atoms with Crippen LogP contribution in [0.2, 0.25) is 0 Å². The number of hydrogen-bond donors (Lipinski definition) is 0. The molecular weight excluding hydrogens is 390 g/mol. The van der Waals surface area contributed by atoms with E-state index in [1.165, 1.54) is 0 Å². The van der Waals surface area contributed by atoms with Gasteiger partial charge >= 0.3 is 0 Å². The lowest BCUT2D eigenvalue weighted by atomic mass is 10.1. The van der Waals surface area contributed by atoms with E-state index in [0.717, 1.165) is 5.75 Å². The summed E-state index contributed by atoms with van der Waals surface area (Å²) in [5.74, 6) is 2.21. The average Bonchev–Trinajstić information content (AvgIpc) is 3.05. The summed E-state index contributed by atoms with van der Waals surface area (Å²) in [4.78, 5) is 14.4. The molecule has 1 aliphatic heterocycles. The Morgan fingerprint density at radius 1 is 1.03 bits per heavy atom. The van der Waals surface area contributed by atoms with Crippen LogP contribution < -0.4 is 9.47 Å². The summed E-state index contributed by atoms with van der Waals surface area (Å²) < 4.78 is 35.0. The molecule has 0 saturated carbocycles. The van der Waals surface area contributed by atoms with E-state index in [0.29, 0.717) is 24.5 Å². The maximum atomic E-state index is 12.7. The van der Waals surface area contributed by atoms with Crippen molar-refractivity contribution in [2.45, 2.75) is 26.3 Å². The van der Waals surface area contributed by atoms with Crippen LogP contribution in [0.15, 0.2) is 54.6 Å². The summed E-state index contributed by atoms with van der Waals surface area (Å²) >= 11 is 0. The van der Waals surface area contributed by atoms with Gasteiger partial charge in [-0.2, -0.15) is 0 Å². The lowest BCUT2D eigenvalue weighted by Gasteiger charge is -2.29. The first kappa shape index (κ1) is 21.2. The topological polar surface area (TPSA) is 72.9 Å². The minimum atomic E-state index is -3.06. The zero-order valence-corrected chi connectivity index (χ0v) is 17.6. The predicted octanol–water partition coefficient (Wildman–Crippen LogP) is 3.53. The monoisotopic (exact) mass is 417 g/mol. The van der Waals surface area contributed by atoms with E-state index < -0.39 is 9.84 Å². The Morgan fingerprint density at radius 2 is 1.66 bits per heavy atom. The molecule has 2 aromatic rings. The molecule has 7 heteroatoms. The van der Waals surface area contributed by atoms with Crippen molar-refractivity contribution in [2.24, 2.45) is 5.92 Å². The summed E-state index contributed by atoms with van der Waals surface area (Å²) in [6.07, 6.45) is 0.492. The largest absolute Gasteiger partial charge is 0.484 e. The Bertz CT molecular complexity index is 910. The van der Waals surface area contributed by atoms with Gasteiger partial charge in [0.1, 0.15) is 17.2 Å². The first-order valence-corrected chi connectivity index (χ1v) is 11.6. The Hall–Kier alpha value is -2.54. The van der Waals surface area contributed by atoms with Crippen LogP contribution in [-0.2, 0) is 14.6 Å². The first-order valence-electron chi connectivity index (χ1n) is 9.78. The molecular formula is C22H27NO5S. The number of carbonyl (C=O) groups excluding carboxylic acids is 1. The molecule has 1 amide bonds. The molecule has 1 fully saturated rings. The number of amides is 1. The zero-order chi connectivity index (χ0) is 20.9. The van der Waals surface area contributed by atoms with Crippen molar-refractivity contribution < 1.29 is 22.7 Å². The summed E-state index contributed by atoms with van der Waals surface area (Å²) in [5, 5.41) is 0. The fraction of sp³-hybridized carbons (Fsp3) is 0.409. The standard InChI is InChI=1S/C22H27NO5S/c1-17(2)14-23(18-12-13-29(25,26)16-18)22(24)15-27-19-8-10-21(11-9-19)28-20-6-4-3-5-7-20/h3-11,17-18H,12-16H2,1-2H3/t18-/m1/s1.